The zero-order chi connectivity index (χ0) is 17.6. The van der Waals surface area contributed by atoms with E-state index in [0.717, 1.165) is 0 Å². The van der Waals surface area contributed by atoms with Gasteiger partial charge in [0, 0.05) is 5.56 Å². The van der Waals surface area contributed by atoms with Gasteiger partial charge in [0.1, 0.15) is 11.8 Å². The Kier molecular flexibility index (Phi) is 7.03. The van der Waals surface area contributed by atoms with E-state index in [0.29, 0.717) is 30.0 Å². The smallest absolute Gasteiger partial charge is 0.320 e. The van der Waals surface area contributed by atoms with Crippen molar-refractivity contribution in [2.24, 2.45) is 5.92 Å². The van der Waals surface area contributed by atoms with Gasteiger partial charge >= 0.3 is 5.97 Å². The SMILES string of the molecule is CCOc1ccc(C(=O)C(C)NC(C(=O)O)C(C)CC)cc1N. The van der Waals surface area contributed by atoms with Crippen molar-refractivity contribution in [1.82, 2.24) is 5.32 Å². The molecule has 0 saturated carbocycles. The molecular formula is C17H26N2O4. The molecule has 1 aromatic rings. The minimum atomic E-state index is -0.954. The number of ether oxygens (including phenoxy) is 1. The molecule has 0 radical (unpaired) electrons. The highest BCUT2D eigenvalue weighted by atomic mass is 16.5. The Balaban J connectivity index is 2.87. The molecule has 0 saturated heterocycles. The van der Waals surface area contributed by atoms with Crippen LogP contribution in [0.4, 0.5) is 5.69 Å². The first-order valence-electron chi connectivity index (χ1n) is 7.87. The number of nitrogens with two attached hydrogens (primary N) is 1. The molecule has 0 fully saturated rings. The number of nitrogen functional groups attached to an aromatic ring is 1. The number of anilines is 1. The molecule has 128 valence electrons. The first kappa shape index (κ1) is 19.0. The zero-order valence-corrected chi connectivity index (χ0v) is 14.1. The lowest BCUT2D eigenvalue weighted by molar-refractivity contribution is -0.141. The van der Waals surface area contributed by atoms with Crippen molar-refractivity contribution in [3.63, 3.8) is 0 Å². The second kappa shape index (κ2) is 8.53. The fraction of sp³-hybridized carbons (Fsp3) is 0.529. The zero-order valence-electron chi connectivity index (χ0n) is 14.1. The molecule has 1 rings (SSSR count). The van der Waals surface area contributed by atoms with Gasteiger partial charge in [-0.05, 0) is 38.0 Å². The van der Waals surface area contributed by atoms with E-state index in [-0.39, 0.29) is 11.7 Å². The van der Waals surface area contributed by atoms with E-state index >= 15 is 0 Å². The highest BCUT2D eigenvalue weighted by Gasteiger charge is 2.27. The molecule has 0 aliphatic rings. The van der Waals surface area contributed by atoms with Gasteiger partial charge < -0.3 is 15.6 Å². The number of aliphatic carboxylic acids is 1. The third kappa shape index (κ3) is 4.96. The normalized spacial score (nSPS) is 14.8. The Morgan fingerprint density at radius 2 is 1.96 bits per heavy atom. The number of carboxylic acids is 1. The second-order valence-electron chi connectivity index (χ2n) is 5.64. The van der Waals surface area contributed by atoms with Crippen LogP contribution in [0.3, 0.4) is 0 Å². The number of rotatable bonds is 9. The molecule has 23 heavy (non-hydrogen) atoms. The van der Waals surface area contributed by atoms with Crippen molar-refractivity contribution >= 4 is 17.4 Å². The quantitative estimate of drug-likeness (QED) is 0.476. The van der Waals surface area contributed by atoms with Crippen LogP contribution in [0.25, 0.3) is 0 Å². The second-order valence-corrected chi connectivity index (χ2v) is 5.64. The van der Waals surface area contributed by atoms with Crippen LogP contribution < -0.4 is 15.8 Å². The van der Waals surface area contributed by atoms with Crippen molar-refractivity contribution in [1.29, 1.82) is 0 Å². The van der Waals surface area contributed by atoms with Gasteiger partial charge in [-0.25, -0.2) is 0 Å². The van der Waals surface area contributed by atoms with E-state index < -0.39 is 18.1 Å². The Labute approximate surface area is 137 Å². The number of nitrogens with one attached hydrogen (secondary N) is 1. The molecule has 0 aromatic heterocycles. The number of benzene rings is 1. The fourth-order valence-corrected chi connectivity index (χ4v) is 2.30. The van der Waals surface area contributed by atoms with Crippen molar-refractivity contribution in [2.75, 3.05) is 12.3 Å². The summed E-state index contributed by atoms with van der Waals surface area (Å²) in [6, 6.07) is 3.47. The number of carbonyl (C=O) groups is 2. The summed E-state index contributed by atoms with van der Waals surface area (Å²) in [5.74, 6) is -0.694. The Morgan fingerprint density at radius 3 is 2.43 bits per heavy atom. The van der Waals surface area contributed by atoms with Crippen molar-refractivity contribution in [2.45, 2.75) is 46.2 Å². The molecule has 6 heteroatoms. The summed E-state index contributed by atoms with van der Waals surface area (Å²) in [6.45, 7) is 7.77. The summed E-state index contributed by atoms with van der Waals surface area (Å²) in [6.07, 6.45) is 0.709. The number of carboxylic acid groups (broad SMARTS) is 1. The Hall–Kier alpha value is -2.08. The van der Waals surface area contributed by atoms with Crippen molar-refractivity contribution < 1.29 is 19.4 Å². The largest absolute Gasteiger partial charge is 0.492 e. The summed E-state index contributed by atoms with van der Waals surface area (Å²) in [7, 11) is 0. The lowest BCUT2D eigenvalue weighted by Gasteiger charge is -2.24. The minimum Gasteiger partial charge on any atom is -0.492 e. The predicted molar refractivity (Wildman–Crippen MR) is 89.8 cm³/mol. The molecule has 0 aliphatic carbocycles. The third-order valence-electron chi connectivity index (χ3n) is 3.90. The van der Waals surface area contributed by atoms with Gasteiger partial charge in [0.05, 0.1) is 18.3 Å². The van der Waals surface area contributed by atoms with Crippen LogP contribution in [0, 0.1) is 5.92 Å². The van der Waals surface area contributed by atoms with Gasteiger partial charge in [0.2, 0.25) is 0 Å². The maximum absolute atomic E-state index is 12.5. The average molecular weight is 322 g/mol. The van der Waals surface area contributed by atoms with E-state index in [1.807, 2.05) is 20.8 Å². The topological polar surface area (TPSA) is 102 Å². The predicted octanol–water partition coefficient (Wildman–Crippen LogP) is 2.33. The van der Waals surface area contributed by atoms with Crippen LogP contribution in [0.1, 0.15) is 44.5 Å². The van der Waals surface area contributed by atoms with Crippen molar-refractivity contribution in [3.8, 4) is 5.75 Å². The number of carbonyl (C=O) groups excluding carboxylic acids is 1. The molecule has 0 spiro atoms. The molecular weight excluding hydrogens is 296 g/mol. The highest BCUT2D eigenvalue weighted by molar-refractivity contribution is 6.01. The first-order valence-corrected chi connectivity index (χ1v) is 7.87. The lowest BCUT2D eigenvalue weighted by Crippen LogP contribution is -2.48. The third-order valence-corrected chi connectivity index (χ3v) is 3.90. The van der Waals surface area contributed by atoms with E-state index in [9.17, 15) is 14.7 Å². The summed E-state index contributed by atoms with van der Waals surface area (Å²) in [4.78, 5) is 23.8. The van der Waals surface area contributed by atoms with Gasteiger partial charge in [-0.3, -0.25) is 14.9 Å². The standard InChI is InChI=1S/C17H26N2O4/c1-5-10(3)15(17(21)22)19-11(4)16(20)12-7-8-14(23-6-2)13(18)9-12/h7-11,15,19H,5-6,18H2,1-4H3,(H,21,22). The Bertz CT molecular complexity index is 560. The van der Waals surface area contributed by atoms with E-state index in [2.05, 4.69) is 5.32 Å². The van der Waals surface area contributed by atoms with E-state index in [4.69, 9.17) is 10.5 Å². The molecule has 0 heterocycles. The van der Waals surface area contributed by atoms with Crippen LogP contribution in [0.5, 0.6) is 5.75 Å². The van der Waals surface area contributed by atoms with E-state index in [1.165, 1.54) is 0 Å². The monoisotopic (exact) mass is 322 g/mol. The number of ketones is 1. The average Bonchev–Trinajstić information content (AvgIpc) is 2.52. The van der Waals surface area contributed by atoms with Gasteiger partial charge in [-0.1, -0.05) is 20.3 Å². The first-order chi connectivity index (χ1) is 10.8. The molecule has 3 unspecified atom stereocenters. The van der Waals surface area contributed by atoms with Gasteiger partial charge in [-0.2, -0.15) is 0 Å². The molecule has 4 N–H and O–H groups in total. The summed E-state index contributed by atoms with van der Waals surface area (Å²) in [5, 5.41) is 12.2. The minimum absolute atomic E-state index is 0.0758. The maximum Gasteiger partial charge on any atom is 0.320 e. The Morgan fingerprint density at radius 1 is 1.30 bits per heavy atom. The highest BCUT2D eigenvalue weighted by Crippen LogP contribution is 2.23. The molecule has 0 aliphatic heterocycles. The molecule has 6 nitrogen and oxygen atoms in total. The summed E-state index contributed by atoms with van der Waals surface area (Å²) >= 11 is 0. The van der Waals surface area contributed by atoms with Crippen LogP contribution in [0.15, 0.2) is 18.2 Å². The molecule has 3 atom stereocenters. The summed E-state index contributed by atoms with van der Waals surface area (Å²) in [5.41, 5.74) is 6.69. The number of Topliss-reactive ketones (excluding diaryl/α,β-unsaturated/α-hetero) is 1. The van der Waals surface area contributed by atoms with Crippen LogP contribution >= 0.6 is 0 Å². The summed E-state index contributed by atoms with van der Waals surface area (Å²) < 4.78 is 5.34. The van der Waals surface area contributed by atoms with Gasteiger partial charge in [0.15, 0.2) is 5.78 Å². The number of hydrogen-bond donors (Lipinski definition) is 3. The van der Waals surface area contributed by atoms with E-state index in [1.54, 1.807) is 25.1 Å². The van der Waals surface area contributed by atoms with Crippen LogP contribution in [0.2, 0.25) is 0 Å². The van der Waals surface area contributed by atoms with Gasteiger partial charge in [0.25, 0.3) is 0 Å². The van der Waals surface area contributed by atoms with Crippen LogP contribution in [-0.2, 0) is 4.79 Å². The maximum atomic E-state index is 12.5. The van der Waals surface area contributed by atoms with Crippen LogP contribution in [-0.4, -0.2) is 35.5 Å². The lowest BCUT2D eigenvalue weighted by atomic mass is 9.97. The molecule has 0 bridgehead atoms. The molecule has 1 aromatic carbocycles. The van der Waals surface area contributed by atoms with Crippen molar-refractivity contribution in [3.05, 3.63) is 23.8 Å². The number of hydrogen-bond acceptors (Lipinski definition) is 5. The van der Waals surface area contributed by atoms with Gasteiger partial charge in [-0.15, -0.1) is 0 Å². The molecule has 0 amide bonds. The fourth-order valence-electron chi connectivity index (χ4n) is 2.30.